The van der Waals surface area contributed by atoms with Gasteiger partial charge in [-0.3, -0.25) is 4.79 Å². The molecule has 0 fully saturated rings. The molecule has 2 rings (SSSR count). The molecule has 3 nitrogen and oxygen atoms in total. The predicted octanol–water partition coefficient (Wildman–Crippen LogP) is 4.76. The molecular formula is C19H22ClNO2. The summed E-state index contributed by atoms with van der Waals surface area (Å²) in [7, 11) is 0. The van der Waals surface area contributed by atoms with Crippen molar-refractivity contribution in [1.82, 2.24) is 5.32 Å². The predicted molar refractivity (Wildman–Crippen MR) is 93.8 cm³/mol. The van der Waals surface area contributed by atoms with Gasteiger partial charge in [0.2, 0.25) is 0 Å². The Kier molecular flexibility index (Phi) is 6.48. The number of amides is 1. The van der Waals surface area contributed by atoms with Crippen LogP contribution in [-0.2, 0) is 4.79 Å². The van der Waals surface area contributed by atoms with Gasteiger partial charge in [0.15, 0.2) is 6.10 Å². The van der Waals surface area contributed by atoms with E-state index in [0.717, 1.165) is 12.0 Å². The molecule has 0 aromatic heterocycles. The van der Waals surface area contributed by atoms with E-state index in [0.29, 0.717) is 17.2 Å². The normalized spacial score (nSPS) is 13.2. The molecule has 0 saturated carbocycles. The Morgan fingerprint density at radius 3 is 2.30 bits per heavy atom. The van der Waals surface area contributed by atoms with E-state index in [9.17, 15) is 4.79 Å². The molecule has 2 aromatic rings. The Balaban J connectivity index is 2.06. The van der Waals surface area contributed by atoms with Crippen LogP contribution >= 0.6 is 11.6 Å². The standard InChI is InChI=1S/C19H22ClNO2/c1-3-16(14-10-6-5-7-11-14)21-19(22)17(4-2)23-18-13-9-8-12-15(18)20/h5-13,16-17H,3-4H2,1-2H3,(H,21,22). The number of carbonyl (C=O) groups excluding carboxylic acids is 1. The van der Waals surface area contributed by atoms with E-state index in [2.05, 4.69) is 5.32 Å². The summed E-state index contributed by atoms with van der Waals surface area (Å²) in [6.45, 7) is 3.97. The van der Waals surface area contributed by atoms with E-state index in [1.54, 1.807) is 12.1 Å². The molecule has 2 unspecified atom stereocenters. The third kappa shape index (κ3) is 4.73. The highest BCUT2D eigenvalue weighted by Gasteiger charge is 2.22. The smallest absolute Gasteiger partial charge is 0.261 e. The fourth-order valence-electron chi connectivity index (χ4n) is 2.39. The van der Waals surface area contributed by atoms with Gasteiger partial charge in [-0.1, -0.05) is 67.9 Å². The lowest BCUT2D eigenvalue weighted by atomic mass is 10.0. The lowest BCUT2D eigenvalue weighted by molar-refractivity contribution is -0.128. The van der Waals surface area contributed by atoms with Crippen LogP contribution in [0.1, 0.15) is 38.3 Å². The van der Waals surface area contributed by atoms with E-state index in [1.807, 2.05) is 56.3 Å². The van der Waals surface area contributed by atoms with Gasteiger partial charge in [0.25, 0.3) is 5.91 Å². The van der Waals surface area contributed by atoms with Gasteiger partial charge in [0.1, 0.15) is 5.75 Å². The van der Waals surface area contributed by atoms with Gasteiger partial charge in [0.05, 0.1) is 11.1 Å². The number of halogens is 1. The van der Waals surface area contributed by atoms with Crippen molar-refractivity contribution in [2.45, 2.75) is 38.8 Å². The first kappa shape index (κ1) is 17.4. The minimum absolute atomic E-state index is 0.0207. The Labute approximate surface area is 142 Å². The number of carbonyl (C=O) groups is 1. The van der Waals surface area contributed by atoms with Crippen molar-refractivity contribution in [3.8, 4) is 5.75 Å². The second-order valence-electron chi connectivity index (χ2n) is 5.33. The van der Waals surface area contributed by atoms with Gasteiger partial charge in [-0.25, -0.2) is 0 Å². The molecule has 122 valence electrons. The zero-order chi connectivity index (χ0) is 16.7. The number of benzene rings is 2. The quantitative estimate of drug-likeness (QED) is 0.794. The van der Waals surface area contributed by atoms with Gasteiger partial charge in [0, 0.05) is 0 Å². The van der Waals surface area contributed by atoms with Crippen molar-refractivity contribution in [2.75, 3.05) is 0 Å². The second-order valence-corrected chi connectivity index (χ2v) is 5.73. The van der Waals surface area contributed by atoms with Crippen LogP contribution < -0.4 is 10.1 Å². The minimum Gasteiger partial charge on any atom is -0.479 e. The fraction of sp³-hybridized carbons (Fsp3) is 0.316. The summed E-state index contributed by atoms with van der Waals surface area (Å²) >= 11 is 6.10. The average molecular weight is 332 g/mol. The topological polar surface area (TPSA) is 38.3 Å². The molecule has 23 heavy (non-hydrogen) atoms. The second kappa shape index (κ2) is 8.59. The molecule has 4 heteroatoms. The third-order valence-corrected chi connectivity index (χ3v) is 4.01. The highest BCUT2D eigenvalue weighted by Crippen LogP contribution is 2.25. The van der Waals surface area contributed by atoms with Gasteiger partial charge < -0.3 is 10.1 Å². The Morgan fingerprint density at radius 2 is 1.70 bits per heavy atom. The molecule has 1 N–H and O–H groups in total. The largest absolute Gasteiger partial charge is 0.479 e. The van der Waals surface area contributed by atoms with Crippen LogP contribution in [-0.4, -0.2) is 12.0 Å². The summed E-state index contributed by atoms with van der Waals surface area (Å²) in [5, 5.41) is 3.57. The summed E-state index contributed by atoms with van der Waals surface area (Å²) in [5.41, 5.74) is 1.09. The molecule has 0 spiro atoms. The van der Waals surface area contributed by atoms with E-state index in [4.69, 9.17) is 16.3 Å². The molecule has 1 amide bonds. The number of hydrogen-bond donors (Lipinski definition) is 1. The fourth-order valence-corrected chi connectivity index (χ4v) is 2.57. The molecule has 0 aliphatic rings. The number of hydrogen-bond acceptors (Lipinski definition) is 2. The van der Waals surface area contributed by atoms with Crippen molar-refractivity contribution >= 4 is 17.5 Å². The van der Waals surface area contributed by atoms with Crippen molar-refractivity contribution in [1.29, 1.82) is 0 Å². The number of nitrogens with one attached hydrogen (secondary N) is 1. The maximum Gasteiger partial charge on any atom is 0.261 e. The summed E-state index contributed by atoms with van der Waals surface area (Å²) in [6, 6.07) is 17.1. The van der Waals surface area contributed by atoms with Crippen molar-refractivity contribution in [2.24, 2.45) is 0 Å². The average Bonchev–Trinajstić information content (AvgIpc) is 2.59. The first-order chi connectivity index (χ1) is 11.2. The summed E-state index contributed by atoms with van der Waals surface area (Å²) in [4.78, 5) is 12.6. The van der Waals surface area contributed by atoms with Gasteiger partial charge in [-0.05, 0) is 30.5 Å². The van der Waals surface area contributed by atoms with Crippen LogP contribution in [0.4, 0.5) is 0 Å². The first-order valence-electron chi connectivity index (χ1n) is 7.92. The zero-order valence-corrected chi connectivity index (χ0v) is 14.2. The molecule has 0 bridgehead atoms. The van der Waals surface area contributed by atoms with E-state index < -0.39 is 6.10 Å². The maximum absolute atomic E-state index is 12.6. The third-order valence-electron chi connectivity index (χ3n) is 3.70. The number of para-hydroxylation sites is 1. The van der Waals surface area contributed by atoms with E-state index in [1.165, 1.54) is 0 Å². The Hall–Kier alpha value is -2.00. The van der Waals surface area contributed by atoms with Crippen LogP contribution in [0.5, 0.6) is 5.75 Å². The van der Waals surface area contributed by atoms with E-state index in [-0.39, 0.29) is 11.9 Å². The highest BCUT2D eigenvalue weighted by molar-refractivity contribution is 6.32. The lowest BCUT2D eigenvalue weighted by Crippen LogP contribution is -2.40. The Morgan fingerprint density at radius 1 is 1.04 bits per heavy atom. The molecule has 0 aliphatic heterocycles. The minimum atomic E-state index is -0.562. The van der Waals surface area contributed by atoms with Crippen LogP contribution in [0.15, 0.2) is 54.6 Å². The molecule has 0 heterocycles. The summed E-state index contributed by atoms with van der Waals surface area (Å²) < 4.78 is 5.79. The van der Waals surface area contributed by atoms with Crippen LogP contribution in [0.2, 0.25) is 5.02 Å². The maximum atomic E-state index is 12.6. The van der Waals surface area contributed by atoms with Gasteiger partial charge in [-0.15, -0.1) is 0 Å². The molecule has 2 atom stereocenters. The van der Waals surface area contributed by atoms with Crippen LogP contribution in [0.3, 0.4) is 0 Å². The number of rotatable bonds is 7. The van der Waals surface area contributed by atoms with Gasteiger partial charge >= 0.3 is 0 Å². The zero-order valence-electron chi connectivity index (χ0n) is 13.5. The van der Waals surface area contributed by atoms with E-state index >= 15 is 0 Å². The van der Waals surface area contributed by atoms with Crippen molar-refractivity contribution < 1.29 is 9.53 Å². The molecule has 0 radical (unpaired) electrons. The Bertz CT molecular complexity index is 630. The summed E-state index contributed by atoms with van der Waals surface area (Å²) in [6.07, 6.45) is 0.827. The van der Waals surface area contributed by atoms with Crippen LogP contribution in [0, 0.1) is 0 Å². The van der Waals surface area contributed by atoms with Crippen molar-refractivity contribution in [3.63, 3.8) is 0 Å². The van der Waals surface area contributed by atoms with Crippen LogP contribution in [0.25, 0.3) is 0 Å². The molecule has 0 saturated heterocycles. The first-order valence-corrected chi connectivity index (χ1v) is 8.30. The SMILES string of the molecule is CCC(Oc1ccccc1Cl)C(=O)NC(CC)c1ccccc1. The summed E-state index contributed by atoms with van der Waals surface area (Å²) in [5.74, 6) is 0.409. The van der Waals surface area contributed by atoms with Crippen molar-refractivity contribution in [3.05, 3.63) is 65.2 Å². The number of ether oxygens (including phenoxy) is 1. The monoisotopic (exact) mass is 331 g/mol. The highest BCUT2D eigenvalue weighted by atomic mass is 35.5. The molecular weight excluding hydrogens is 310 g/mol. The van der Waals surface area contributed by atoms with Gasteiger partial charge in [-0.2, -0.15) is 0 Å². The molecule has 0 aliphatic carbocycles. The lowest BCUT2D eigenvalue weighted by Gasteiger charge is -2.22. The molecule has 2 aromatic carbocycles.